The maximum absolute atomic E-state index is 11.1. The summed E-state index contributed by atoms with van der Waals surface area (Å²) in [7, 11) is 0. The van der Waals surface area contributed by atoms with Crippen LogP contribution in [-0.2, 0) is 9.53 Å². The van der Waals surface area contributed by atoms with Gasteiger partial charge < -0.3 is 40.1 Å². The van der Waals surface area contributed by atoms with Crippen LogP contribution in [0.5, 0.6) is 17.2 Å². The van der Waals surface area contributed by atoms with E-state index in [1.165, 1.54) is 12.1 Å². The Hall–Kier alpha value is -3.11. The molecule has 0 radical (unpaired) electrons. The van der Waals surface area contributed by atoms with Gasteiger partial charge in [-0.05, 0) is 35.4 Å². The van der Waals surface area contributed by atoms with Crippen molar-refractivity contribution in [1.29, 1.82) is 0 Å². The van der Waals surface area contributed by atoms with Crippen LogP contribution < -0.4 is 4.74 Å². The number of phenols is 2. The zero-order valence-electron chi connectivity index (χ0n) is 15.0. The lowest BCUT2D eigenvalue weighted by atomic mass is 9.99. The van der Waals surface area contributed by atoms with Crippen molar-refractivity contribution in [2.45, 2.75) is 30.7 Å². The first-order valence-electron chi connectivity index (χ1n) is 8.65. The standard InChI is InChI=1S/C20H20O9/c21-12-6-3-10(4-7-12)1-2-11-5-8-14(13(22)9-11)28-20-17(25)15(23)16(24)18(29-20)19(26)27/h1-9,15-18,20-25H,(H,26,27)/b2-1+/t15-,16-,17+,18-,20+/m0/s1. The van der Waals surface area contributed by atoms with Gasteiger partial charge in [-0.3, -0.25) is 0 Å². The van der Waals surface area contributed by atoms with Crippen LogP contribution >= 0.6 is 0 Å². The maximum Gasteiger partial charge on any atom is 0.335 e. The Bertz CT molecular complexity index is 893. The second kappa shape index (κ2) is 8.50. The number of rotatable bonds is 5. The van der Waals surface area contributed by atoms with E-state index in [1.54, 1.807) is 42.5 Å². The molecule has 9 heteroatoms. The van der Waals surface area contributed by atoms with Crippen LogP contribution in [0.4, 0.5) is 0 Å². The minimum Gasteiger partial charge on any atom is -0.508 e. The molecule has 2 aromatic rings. The predicted octanol–water partition coefficient (Wildman–Crippen LogP) is 0.539. The zero-order chi connectivity index (χ0) is 21.1. The minimum absolute atomic E-state index is 0.108. The molecular formula is C20H20O9. The summed E-state index contributed by atoms with van der Waals surface area (Å²) in [5.74, 6) is -1.79. The molecule has 0 amide bonds. The Balaban J connectivity index is 1.73. The molecule has 1 saturated heterocycles. The van der Waals surface area contributed by atoms with E-state index in [1.807, 2.05) is 0 Å². The number of aliphatic hydroxyl groups excluding tert-OH is 3. The summed E-state index contributed by atoms with van der Waals surface area (Å²) in [5.41, 5.74) is 1.44. The van der Waals surface area contributed by atoms with Crippen molar-refractivity contribution >= 4 is 18.1 Å². The van der Waals surface area contributed by atoms with Crippen molar-refractivity contribution in [2.24, 2.45) is 0 Å². The minimum atomic E-state index is -1.83. The van der Waals surface area contributed by atoms with Crippen molar-refractivity contribution in [3.05, 3.63) is 53.6 Å². The number of benzene rings is 2. The van der Waals surface area contributed by atoms with Gasteiger partial charge in [0.15, 0.2) is 17.6 Å². The molecule has 0 aromatic heterocycles. The van der Waals surface area contributed by atoms with Crippen molar-refractivity contribution < 1.29 is 44.9 Å². The van der Waals surface area contributed by atoms with Gasteiger partial charge in [-0.15, -0.1) is 0 Å². The molecule has 3 rings (SSSR count). The predicted molar refractivity (Wildman–Crippen MR) is 100 cm³/mol. The summed E-state index contributed by atoms with van der Waals surface area (Å²) in [6, 6.07) is 10.9. The summed E-state index contributed by atoms with van der Waals surface area (Å²) < 4.78 is 10.3. The van der Waals surface area contributed by atoms with E-state index in [-0.39, 0.29) is 17.2 Å². The highest BCUT2D eigenvalue weighted by Gasteiger charge is 2.48. The van der Waals surface area contributed by atoms with Crippen LogP contribution in [0.2, 0.25) is 0 Å². The van der Waals surface area contributed by atoms with Crippen LogP contribution in [0, 0.1) is 0 Å². The molecule has 6 N–H and O–H groups in total. The molecule has 1 heterocycles. The fourth-order valence-electron chi connectivity index (χ4n) is 2.79. The van der Waals surface area contributed by atoms with Crippen molar-refractivity contribution in [1.82, 2.24) is 0 Å². The molecule has 154 valence electrons. The third kappa shape index (κ3) is 4.66. The van der Waals surface area contributed by atoms with Crippen LogP contribution in [0.1, 0.15) is 11.1 Å². The van der Waals surface area contributed by atoms with Gasteiger partial charge in [0, 0.05) is 0 Å². The van der Waals surface area contributed by atoms with Crippen molar-refractivity contribution in [3.8, 4) is 17.2 Å². The fraction of sp³-hybridized carbons (Fsp3) is 0.250. The summed E-state index contributed by atoms with van der Waals surface area (Å²) in [6.07, 6.45) is -5.30. The molecular weight excluding hydrogens is 384 g/mol. The Morgan fingerprint density at radius 2 is 1.52 bits per heavy atom. The van der Waals surface area contributed by atoms with Gasteiger partial charge in [-0.1, -0.05) is 30.4 Å². The number of carbonyl (C=O) groups is 1. The molecule has 0 unspecified atom stereocenters. The van der Waals surface area contributed by atoms with E-state index >= 15 is 0 Å². The van der Waals surface area contributed by atoms with E-state index in [0.29, 0.717) is 5.56 Å². The number of hydrogen-bond acceptors (Lipinski definition) is 8. The Kier molecular flexibility index (Phi) is 6.04. The van der Waals surface area contributed by atoms with E-state index in [0.717, 1.165) is 5.56 Å². The normalized spacial score (nSPS) is 27.1. The first-order chi connectivity index (χ1) is 13.8. The number of carboxylic acid groups (broad SMARTS) is 1. The monoisotopic (exact) mass is 404 g/mol. The third-order valence-corrected chi connectivity index (χ3v) is 4.40. The van der Waals surface area contributed by atoms with Gasteiger partial charge in [0.2, 0.25) is 6.29 Å². The summed E-state index contributed by atoms with van der Waals surface area (Å²) in [5, 5.41) is 58.0. The lowest BCUT2D eigenvalue weighted by molar-refractivity contribution is -0.271. The van der Waals surface area contributed by atoms with E-state index in [9.17, 15) is 30.3 Å². The Morgan fingerprint density at radius 1 is 0.897 bits per heavy atom. The SMILES string of the molecule is O=C(O)[C@H]1O[C@@H](Oc2ccc(/C=C/c3ccc(O)cc3)cc2O)[C@H](O)[C@@H](O)[C@@H]1O. The smallest absolute Gasteiger partial charge is 0.335 e. The number of ether oxygens (including phenoxy) is 2. The number of aliphatic hydroxyl groups is 3. The van der Waals surface area contributed by atoms with E-state index in [2.05, 4.69) is 0 Å². The van der Waals surface area contributed by atoms with Crippen LogP contribution in [0.25, 0.3) is 12.2 Å². The van der Waals surface area contributed by atoms with Gasteiger partial charge in [0.1, 0.15) is 24.1 Å². The Morgan fingerprint density at radius 3 is 2.14 bits per heavy atom. The molecule has 0 bridgehead atoms. The molecule has 9 nitrogen and oxygen atoms in total. The molecule has 2 aromatic carbocycles. The summed E-state index contributed by atoms with van der Waals surface area (Å²) in [6.45, 7) is 0. The summed E-state index contributed by atoms with van der Waals surface area (Å²) >= 11 is 0. The quantitative estimate of drug-likeness (QED) is 0.391. The second-order valence-electron chi connectivity index (χ2n) is 6.50. The van der Waals surface area contributed by atoms with Crippen LogP contribution in [-0.4, -0.2) is 67.3 Å². The van der Waals surface area contributed by atoms with Gasteiger partial charge in [-0.25, -0.2) is 4.79 Å². The summed E-state index contributed by atoms with van der Waals surface area (Å²) in [4.78, 5) is 11.1. The van der Waals surface area contributed by atoms with Gasteiger partial charge >= 0.3 is 5.97 Å². The molecule has 0 saturated carbocycles. The third-order valence-electron chi connectivity index (χ3n) is 4.40. The van der Waals surface area contributed by atoms with Crippen molar-refractivity contribution in [3.63, 3.8) is 0 Å². The maximum atomic E-state index is 11.1. The first kappa shape index (κ1) is 20.6. The van der Waals surface area contributed by atoms with Crippen molar-refractivity contribution in [2.75, 3.05) is 0 Å². The molecule has 0 aliphatic carbocycles. The van der Waals surface area contributed by atoms with Crippen LogP contribution in [0.15, 0.2) is 42.5 Å². The highest BCUT2D eigenvalue weighted by atomic mass is 16.7. The fourth-order valence-corrected chi connectivity index (χ4v) is 2.79. The molecule has 1 fully saturated rings. The topological polar surface area (TPSA) is 157 Å². The lowest BCUT2D eigenvalue weighted by Gasteiger charge is -2.38. The van der Waals surface area contributed by atoms with Gasteiger partial charge in [-0.2, -0.15) is 0 Å². The average molecular weight is 404 g/mol. The average Bonchev–Trinajstić information content (AvgIpc) is 2.69. The number of aromatic hydroxyl groups is 2. The molecule has 5 atom stereocenters. The highest BCUT2D eigenvalue weighted by molar-refractivity contribution is 5.73. The number of carboxylic acids is 1. The van der Waals surface area contributed by atoms with E-state index < -0.39 is 36.7 Å². The molecule has 0 spiro atoms. The second-order valence-corrected chi connectivity index (χ2v) is 6.50. The number of aliphatic carboxylic acids is 1. The van der Waals surface area contributed by atoms with E-state index in [4.69, 9.17) is 14.6 Å². The van der Waals surface area contributed by atoms with Crippen LogP contribution in [0.3, 0.4) is 0 Å². The van der Waals surface area contributed by atoms with Gasteiger partial charge in [0.25, 0.3) is 0 Å². The lowest BCUT2D eigenvalue weighted by Crippen LogP contribution is -2.61. The number of phenolic OH excluding ortho intramolecular Hbond substituents is 2. The molecule has 1 aliphatic rings. The first-order valence-corrected chi connectivity index (χ1v) is 8.65. The zero-order valence-corrected chi connectivity index (χ0v) is 15.0. The number of hydrogen-bond donors (Lipinski definition) is 6. The Labute approximate surface area is 165 Å². The largest absolute Gasteiger partial charge is 0.508 e. The highest BCUT2D eigenvalue weighted by Crippen LogP contribution is 2.31. The molecule has 1 aliphatic heterocycles. The van der Waals surface area contributed by atoms with Gasteiger partial charge in [0.05, 0.1) is 0 Å². The molecule has 29 heavy (non-hydrogen) atoms.